The summed E-state index contributed by atoms with van der Waals surface area (Å²) in [7, 11) is 0. The monoisotopic (exact) mass is 387 g/mol. The smallest absolute Gasteiger partial charge is 0.406 e. The van der Waals surface area contributed by atoms with Crippen molar-refractivity contribution in [2.75, 3.05) is 5.32 Å². The molecule has 27 heavy (non-hydrogen) atoms. The molecule has 142 valence electrons. The average Bonchev–Trinajstić information content (AvgIpc) is 2.54. The summed E-state index contributed by atoms with van der Waals surface area (Å²) in [4.78, 5) is 7.06. The predicted octanol–water partition coefficient (Wildman–Crippen LogP) is 5.60. The standard InChI is InChI=1S/C17H11F6N3O/c1-9-2-7-13-12(8-9)14(26-15(25-13)16(18,19)20)24-10-3-5-11(6-4-10)27-17(21,22)23/h2-8H,1H3,(H,24,25,26). The van der Waals surface area contributed by atoms with Gasteiger partial charge in [-0.1, -0.05) is 11.6 Å². The van der Waals surface area contributed by atoms with Crippen LogP contribution >= 0.6 is 0 Å². The van der Waals surface area contributed by atoms with Gasteiger partial charge in [-0.3, -0.25) is 0 Å². The van der Waals surface area contributed by atoms with E-state index in [4.69, 9.17) is 0 Å². The summed E-state index contributed by atoms with van der Waals surface area (Å²) >= 11 is 0. The first-order valence-corrected chi connectivity index (χ1v) is 7.50. The van der Waals surface area contributed by atoms with Crippen LogP contribution in [0.4, 0.5) is 37.8 Å². The molecule has 0 aliphatic carbocycles. The number of nitrogens with zero attached hydrogens (tertiary/aromatic N) is 2. The van der Waals surface area contributed by atoms with Crippen molar-refractivity contribution in [2.24, 2.45) is 0 Å². The Bertz CT molecular complexity index is 967. The number of anilines is 2. The zero-order valence-electron chi connectivity index (χ0n) is 13.6. The highest BCUT2D eigenvalue weighted by Gasteiger charge is 2.35. The molecule has 0 atom stereocenters. The van der Waals surface area contributed by atoms with Crippen LogP contribution in [0, 0.1) is 6.92 Å². The number of aromatic nitrogens is 2. The number of hydrogen-bond acceptors (Lipinski definition) is 4. The van der Waals surface area contributed by atoms with E-state index in [2.05, 4.69) is 20.0 Å². The van der Waals surface area contributed by atoms with Gasteiger partial charge in [0.1, 0.15) is 11.6 Å². The highest BCUT2D eigenvalue weighted by Crippen LogP contribution is 2.32. The minimum atomic E-state index is -4.84. The van der Waals surface area contributed by atoms with Gasteiger partial charge in [-0.2, -0.15) is 13.2 Å². The van der Waals surface area contributed by atoms with Crippen molar-refractivity contribution >= 4 is 22.4 Å². The van der Waals surface area contributed by atoms with Crippen molar-refractivity contribution in [3.8, 4) is 5.75 Å². The molecule has 0 saturated heterocycles. The molecule has 3 aromatic rings. The summed E-state index contributed by atoms with van der Waals surface area (Å²) < 4.78 is 79.5. The lowest BCUT2D eigenvalue weighted by atomic mass is 10.1. The quantitative estimate of drug-likeness (QED) is 0.595. The van der Waals surface area contributed by atoms with E-state index in [0.29, 0.717) is 5.39 Å². The van der Waals surface area contributed by atoms with Gasteiger partial charge in [-0.15, -0.1) is 13.2 Å². The molecule has 2 aromatic carbocycles. The molecule has 0 radical (unpaired) electrons. The second-order valence-electron chi connectivity index (χ2n) is 5.61. The van der Waals surface area contributed by atoms with E-state index in [-0.39, 0.29) is 17.0 Å². The number of rotatable bonds is 3. The number of aryl methyl sites for hydroxylation is 1. The van der Waals surface area contributed by atoms with Crippen LogP contribution in [0.3, 0.4) is 0 Å². The van der Waals surface area contributed by atoms with Crippen molar-refractivity contribution in [3.05, 3.63) is 53.9 Å². The van der Waals surface area contributed by atoms with Gasteiger partial charge in [0.2, 0.25) is 5.82 Å². The summed E-state index contributed by atoms with van der Waals surface area (Å²) in [6, 6.07) is 9.20. The van der Waals surface area contributed by atoms with Crippen molar-refractivity contribution < 1.29 is 31.1 Å². The number of ether oxygens (including phenoxy) is 1. The molecule has 0 unspecified atom stereocenters. The second kappa shape index (κ2) is 6.60. The minimum Gasteiger partial charge on any atom is -0.406 e. The van der Waals surface area contributed by atoms with E-state index in [1.54, 1.807) is 19.1 Å². The molecule has 0 aliphatic rings. The lowest BCUT2D eigenvalue weighted by molar-refractivity contribution is -0.274. The zero-order chi connectivity index (χ0) is 19.8. The van der Waals surface area contributed by atoms with Crippen LogP contribution in [0.15, 0.2) is 42.5 Å². The first-order valence-electron chi connectivity index (χ1n) is 7.50. The van der Waals surface area contributed by atoms with Gasteiger partial charge < -0.3 is 10.1 Å². The van der Waals surface area contributed by atoms with E-state index in [0.717, 1.165) is 17.7 Å². The Kier molecular flexibility index (Phi) is 4.58. The SMILES string of the molecule is Cc1ccc2nc(C(F)(F)F)nc(Nc3ccc(OC(F)(F)F)cc3)c2c1. The first kappa shape index (κ1) is 18.7. The average molecular weight is 387 g/mol. The van der Waals surface area contributed by atoms with Crippen LogP contribution in [0.5, 0.6) is 5.75 Å². The number of halogens is 6. The molecular weight excluding hydrogens is 376 g/mol. The Balaban J connectivity index is 1.99. The molecule has 10 heteroatoms. The number of alkyl halides is 6. The number of nitrogens with one attached hydrogen (secondary N) is 1. The molecule has 4 nitrogen and oxygen atoms in total. The summed E-state index contributed by atoms with van der Waals surface area (Å²) in [5.41, 5.74) is 1.10. The van der Waals surface area contributed by atoms with Crippen LogP contribution in [0.2, 0.25) is 0 Å². The van der Waals surface area contributed by atoms with Gasteiger partial charge in [0.25, 0.3) is 0 Å². The number of hydrogen-bond donors (Lipinski definition) is 1. The van der Waals surface area contributed by atoms with E-state index in [1.165, 1.54) is 18.2 Å². The van der Waals surface area contributed by atoms with Gasteiger partial charge in [-0.25, -0.2) is 9.97 Å². The molecule has 1 aromatic heterocycles. The normalized spacial score (nSPS) is 12.3. The second-order valence-corrected chi connectivity index (χ2v) is 5.61. The van der Waals surface area contributed by atoms with Crippen LogP contribution in [0.25, 0.3) is 10.9 Å². The molecular formula is C17H11F6N3O. The molecule has 0 saturated carbocycles. The minimum absolute atomic E-state index is 0.0856. The maximum absolute atomic E-state index is 13.0. The maximum Gasteiger partial charge on any atom is 0.573 e. The van der Waals surface area contributed by atoms with Gasteiger partial charge in [-0.05, 0) is 43.3 Å². The van der Waals surface area contributed by atoms with Gasteiger partial charge in [0.15, 0.2) is 0 Å². The molecule has 1 N–H and O–H groups in total. The van der Waals surface area contributed by atoms with Crippen molar-refractivity contribution in [3.63, 3.8) is 0 Å². The third kappa shape index (κ3) is 4.57. The predicted molar refractivity (Wildman–Crippen MR) is 85.7 cm³/mol. The molecule has 0 spiro atoms. The van der Waals surface area contributed by atoms with Crippen molar-refractivity contribution in [1.29, 1.82) is 0 Å². The lowest BCUT2D eigenvalue weighted by Gasteiger charge is -2.13. The van der Waals surface area contributed by atoms with Crippen molar-refractivity contribution in [2.45, 2.75) is 19.5 Å². The van der Waals surface area contributed by atoms with Crippen LogP contribution in [-0.2, 0) is 6.18 Å². The van der Waals surface area contributed by atoms with E-state index >= 15 is 0 Å². The van der Waals surface area contributed by atoms with Crippen LogP contribution in [-0.4, -0.2) is 16.3 Å². The van der Waals surface area contributed by atoms with E-state index < -0.39 is 24.1 Å². The number of benzene rings is 2. The maximum atomic E-state index is 13.0. The molecule has 1 heterocycles. The van der Waals surface area contributed by atoms with Gasteiger partial charge in [0.05, 0.1) is 5.52 Å². The fourth-order valence-corrected chi connectivity index (χ4v) is 2.34. The Morgan fingerprint density at radius 1 is 0.889 bits per heavy atom. The third-order valence-electron chi connectivity index (χ3n) is 3.46. The Hall–Kier alpha value is -3.04. The summed E-state index contributed by atoms with van der Waals surface area (Å²) in [6.07, 6.45) is -9.59. The highest BCUT2D eigenvalue weighted by molar-refractivity contribution is 5.91. The summed E-state index contributed by atoms with van der Waals surface area (Å²) in [6.45, 7) is 1.75. The Morgan fingerprint density at radius 3 is 2.15 bits per heavy atom. The van der Waals surface area contributed by atoms with Crippen LogP contribution < -0.4 is 10.1 Å². The topological polar surface area (TPSA) is 47.0 Å². The summed E-state index contributed by atoms with van der Waals surface area (Å²) in [5.74, 6) is -1.88. The van der Waals surface area contributed by atoms with Crippen LogP contribution in [0.1, 0.15) is 11.4 Å². The molecule has 0 aliphatic heterocycles. The molecule has 3 rings (SSSR count). The molecule has 0 amide bonds. The zero-order valence-corrected chi connectivity index (χ0v) is 13.6. The highest BCUT2D eigenvalue weighted by atomic mass is 19.4. The molecule has 0 fully saturated rings. The fraction of sp³-hybridized carbons (Fsp3) is 0.176. The largest absolute Gasteiger partial charge is 0.573 e. The van der Waals surface area contributed by atoms with Gasteiger partial charge >= 0.3 is 12.5 Å². The van der Waals surface area contributed by atoms with Gasteiger partial charge in [0, 0.05) is 11.1 Å². The van der Waals surface area contributed by atoms with E-state index in [1.807, 2.05) is 0 Å². The first-order chi connectivity index (χ1) is 12.5. The van der Waals surface area contributed by atoms with Crippen molar-refractivity contribution in [1.82, 2.24) is 9.97 Å². The Morgan fingerprint density at radius 2 is 1.56 bits per heavy atom. The lowest BCUT2D eigenvalue weighted by Crippen LogP contribution is -2.17. The van der Waals surface area contributed by atoms with E-state index in [9.17, 15) is 26.3 Å². The third-order valence-corrected chi connectivity index (χ3v) is 3.46. The number of fused-ring (bicyclic) bond motifs is 1. The fourth-order valence-electron chi connectivity index (χ4n) is 2.34. The summed E-state index contributed by atoms with van der Waals surface area (Å²) in [5, 5.41) is 3.03. The molecule has 0 bridgehead atoms. The Labute approximate surface area is 148 Å².